The van der Waals surface area contributed by atoms with Crippen LogP contribution in [0.5, 0.6) is 5.75 Å². The van der Waals surface area contributed by atoms with E-state index in [1.54, 1.807) is 13.0 Å². The molecule has 0 saturated heterocycles. The van der Waals surface area contributed by atoms with Crippen LogP contribution in [0.25, 0.3) is 0 Å². The number of hydrogen-bond donors (Lipinski definition) is 1. The molecule has 0 saturated carbocycles. The van der Waals surface area contributed by atoms with Crippen molar-refractivity contribution in [2.75, 3.05) is 0 Å². The summed E-state index contributed by atoms with van der Waals surface area (Å²) < 4.78 is 0. The molecule has 0 aliphatic heterocycles. The van der Waals surface area contributed by atoms with Gasteiger partial charge >= 0.3 is 0 Å². The van der Waals surface area contributed by atoms with E-state index in [9.17, 15) is 5.11 Å². The van der Waals surface area contributed by atoms with Gasteiger partial charge in [-0.1, -0.05) is 6.07 Å². The zero-order valence-corrected chi connectivity index (χ0v) is 6.55. The van der Waals surface area contributed by atoms with E-state index in [-0.39, 0.29) is 5.75 Å². The molecule has 0 bridgehead atoms. The van der Waals surface area contributed by atoms with Gasteiger partial charge in [0, 0.05) is 0 Å². The third-order valence-corrected chi connectivity index (χ3v) is 1.82. The van der Waals surface area contributed by atoms with Crippen LogP contribution in [-0.2, 0) is 0 Å². The monoisotopic (exact) mass is 147 g/mol. The summed E-state index contributed by atoms with van der Waals surface area (Å²) in [5.74, 6) is 0.104. The minimum absolute atomic E-state index is 0.104. The molecular weight excluding hydrogens is 138 g/mol. The highest BCUT2D eigenvalue weighted by Crippen LogP contribution is 2.23. The fraction of sp³-hybridized carbons (Fsp3) is 0.222. The van der Waals surface area contributed by atoms with Crippen molar-refractivity contribution < 1.29 is 5.11 Å². The Morgan fingerprint density at radius 1 is 1.36 bits per heavy atom. The molecule has 0 spiro atoms. The lowest BCUT2D eigenvalue weighted by Gasteiger charge is -2.02. The first-order chi connectivity index (χ1) is 5.16. The summed E-state index contributed by atoms with van der Waals surface area (Å²) in [7, 11) is 0. The molecule has 56 valence electrons. The average molecular weight is 147 g/mol. The van der Waals surface area contributed by atoms with Gasteiger partial charge in [-0.2, -0.15) is 5.26 Å². The predicted octanol–water partition coefficient (Wildman–Crippen LogP) is 1.88. The number of aromatic hydroxyl groups is 1. The fourth-order valence-corrected chi connectivity index (χ4v) is 0.891. The largest absolute Gasteiger partial charge is 0.506 e. The molecule has 1 N–H and O–H groups in total. The number of rotatable bonds is 0. The molecule has 0 atom stereocenters. The molecule has 11 heavy (non-hydrogen) atoms. The van der Waals surface area contributed by atoms with Gasteiger partial charge in [0.05, 0.1) is 5.56 Å². The Hall–Kier alpha value is -1.49. The molecule has 2 heteroatoms. The smallest absolute Gasteiger partial charge is 0.136 e. The van der Waals surface area contributed by atoms with E-state index in [2.05, 4.69) is 0 Å². The van der Waals surface area contributed by atoms with Crippen molar-refractivity contribution in [3.63, 3.8) is 0 Å². The number of aryl methyl sites for hydroxylation is 1. The Morgan fingerprint density at radius 2 is 2.00 bits per heavy atom. The van der Waals surface area contributed by atoms with E-state index < -0.39 is 0 Å². The van der Waals surface area contributed by atoms with Gasteiger partial charge in [0.25, 0.3) is 0 Å². The maximum atomic E-state index is 9.36. The maximum Gasteiger partial charge on any atom is 0.136 e. The predicted molar refractivity (Wildman–Crippen MR) is 42.3 cm³/mol. The first-order valence-electron chi connectivity index (χ1n) is 3.36. The SMILES string of the molecule is Cc1ccc(C#N)c(O)c1C. The van der Waals surface area contributed by atoms with Crippen LogP contribution >= 0.6 is 0 Å². The summed E-state index contributed by atoms with van der Waals surface area (Å²) in [5, 5.41) is 17.9. The molecule has 0 fully saturated rings. The Bertz CT molecular complexity index is 323. The van der Waals surface area contributed by atoms with E-state index in [1.165, 1.54) is 0 Å². The van der Waals surface area contributed by atoms with Crippen molar-refractivity contribution in [1.29, 1.82) is 5.26 Å². The van der Waals surface area contributed by atoms with Crippen LogP contribution in [0.2, 0.25) is 0 Å². The lowest BCUT2D eigenvalue weighted by Crippen LogP contribution is -1.84. The lowest BCUT2D eigenvalue weighted by molar-refractivity contribution is 0.469. The molecule has 0 unspecified atom stereocenters. The quantitative estimate of drug-likeness (QED) is 0.608. The number of nitriles is 1. The summed E-state index contributed by atoms with van der Waals surface area (Å²) in [6.07, 6.45) is 0. The molecule has 0 radical (unpaired) electrons. The third kappa shape index (κ3) is 1.18. The van der Waals surface area contributed by atoms with Crippen molar-refractivity contribution in [1.82, 2.24) is 0 Å². The highest BCUT2D eigenvalue weighted by Gasteiger charge is 2.04. The molecule has 2 nitrogen and oxygen atoms in total. The first kappa shape index (κ1) is 7.62. The van der Waals surface area contributed by atoms with Crippen LogP contribution in [0.3, 0.4) is 0 Å². The summed E-state index contributed by atoms with van der Waals surface area (Å²) in [6.45, 7) is 3.70. The Labute approximate surface area is 65.7 Å². The Morgan fingerprint density at radius 3 is 2.55 bits per heavy atom. The maximum absolute atomic E-state index is 9.36. The first-order valence-corrected chi connectivity index (χ1v) is 3.36. The molecule has 1 aromatic rings. The van der Waals surface area contributed by atoms with Crippen molar-refractivity contribution in [3.05, 3.63) is 28.8 Å². The van der Waals surface area contributed by atoms with Crippen molar-refractivity contribution in [3.8, 4) is 11.8 Å². The van der Waals surface area contributed by atoms with Gasteiger partial charge in [-0.25, -0.2) is 0 Å². The zero-order valence-electron chi connectivity index (χ0n) is 6.55. The van der Waals surface area contributed by atoms with E-state index in [4.69, 9.17) is 5.26 Å². The zero-order chi connectivity index (χ0) is 8.43. The summed E-state index contributed by atoms with van der Waals surface area (Å²) >= 11 is 0. The van der Waals surface area contributed by atoms with Crippen LogP contribution in [0.1, 0.15) is 16.7 Å². The summed E-state index contributed by atoms with van der Waals surface area (Å²) in [6, 6.07) is 5.36. The molecule has 0 aliphatic rings. The summed E-state index contributed by atoms with van der Waals surface area (Å²) in [4.78, 5) is 0. The van der Waals surface area contributed by atoms with Gasteiger partial charge in [-0.15, -0.1) is 0 Å². The number of phenolic OH excluding ortho intramolecular Hbond substituents is 1. The minimum atomic E-state index is 0.104. The molecule has 0 heterocycles. The second-order valence-electron chi connectivity index (χ2n) is 2.52. The van der Waals surface area contributed by atoms with Gasteiger partial charge in [0.1, 0.15) is 11.8 Å². The standard InChI is InChI=1S/C9H9NO/c1-6-3-4-8(5-10)9(11)7(6)2/h3-4,11H,1-2H3. The van der Waals surface area contributed by atoms with Gasteiger partial charge < -0.3 is 5.11 Å². The van der Waals surface area contributed by atoms with Crippen molar-refractivity contribution in [2.24, 2.45) is 0 Å². The Kier molecular flexibility index (Phi) is 1.82. The van der Waals surface area contributed by atoms with Gasteiger partial charge in [-0.05, 0) is 31.0 Å². The second kappa shape index (κ2) is 2.63. The molecule has 1 aromatic carbocycles. The van der Waals surface area contributed by atoms with Gasteiger partial charge in [0.2, 0.25) is 0 Å². The van der Waals surface area contributed by atoms with Crippen LogP contribution in [0.15, 0.2) is 12.1 Å². The van der Waals surface area contributed by atoms with Gasteiger partial charge in [0.15, 0.2) is 0 Å². The van der Waals surface area contributed by atoms with Crippen LogP contribution in [-0.4, -0.2) is 5.11 Å². The molecule has 0 aromatic heterocycles. The number of benzene rings is 1. The molecule has 0 aliphatic carbocycles. The minimum Gasteiger partial charge on any atom is -0.506 e. The van der Waals surface area contributed by atoms with Crippen molar-refractivity contribution in [2.45, 2.75) is 13.8 Å². The second-order valence-corrected chi connectivity index (χ2v) is 2.52. The fourth-order valence-electron chi connectivity index (χ4n) is 0.891. The van der Waals surface area contributed by atoms with E-state index >= 15 is 0 Å². The van der Waals surface area contributed by atoms with Gasteiger partial charge in [-0.3, -0.25) is 0 Å². The normalized spacial score (nSPS) is 9.18. The van der Waals surface area contributed by atoms with E-state index in [0.29, 0.717) is 5.56 Å². The number of nitrogens with zero attached hydrogens (tertiary/aromatic N) is 1. The van der Waals surface area contributed by atoms with Crippen LogP contribution < -0.4 is 0 Å². The lowest BCUT2D eigenvalue weighted by atomic mass is 10.1. The van der Waals surface area contributed by atoms with E-state index in [0.717, 1.165) is 11.1 Å². The van der Waals surface area contributed by atoms with E-state index in [1.807, 2.05) is 19.1 Å². The van der Waals surface area contributed by atoms with Crippen molar-refractivity contribution >= 4 is 0 Å². The number of phenols is 1. The van der Waals surface area contributed by atoms with Crippen LogP contribution in [0, 0.1) is 25.2 Å². The summed E-state index contributed by atoms with van der Waals surface area (Å²) in [5.41, 5.74) is 2.12. The topological polar surface area (TPSA) is 44.0 Å². The average Bonchev–Trinajstić information content (AvgIpc) is 2.01. The molecule has 0 amide bonds. The molecule has 1 rings (SSSR count). The Balaban J connectivity index is 3.40. The van der Waals surface area contributed by atoms with Crippen LogP contribution in [0.4, 0.5) is 0 Å². The highest BCUT2D eigenvalue weighted by molar-refractivity contribution is 5.49. The number of hydrogen-bond acceptors (Lipinski definition) is 2. The third-order valence-electron chi connectivity index (χ3n) is 1.82. The molecular formula is C9H9NO. The highest BCUT2D eigenvalue weighted by atomic mass is 16.3.